The Kier molecular flexibility index (Phi) is 9.06. The summed E-state index contributed by atoms with van der Waals surface area (Å²) in [5.74, 6) is 0.886. The number of hydrogen-bond acceptors (Lipinski definition) is 1. The SMILES string of the molecule is O=C([C]1[CH][CH][CH][C]1I)c1ccccc1.[CH]1[CH][CH][CH][CH]1.[Fe+2]. The molecule has 0 heterocycles. The van der Waals surface area contributed by atoms with Crippen LogP contribution in [0, 0.1) is 61.2 Å². The van der Waals surface area contributed by atoms with Crippen molar-refractivity contribution in [3.8, 4) is 0 Å². The van der Waals surface area contributed by atoms with E-state index in [4.69, 9.17) is 0 Å². The zero-order valence-electron chi connectivity index (χ0n) is 10.6. The normalized spacial score (nSPS) is 19.1. The van der Waals surface area contributed by atoms with Crippen LogP contribution in [0.4, 0.5) is 0 Å². The van der Waals surface area contributed by atoms with E-state index in [1.54, 1.807) is 0 Å². The maximum Gasteiger partial charge on any atom is 2.00 e. The molecule has 1 aromatic rings. The fourth-order valence-corrected chi connectivity index (χ4v) is 2.28. The van der Waals surface area contributed by atoms with Gasteiger partial charge < -0.3 is 0 Å². The second kappa shape index (κ2) is 9.96. The van der Waals surface area contributed by atoms with Crippen LogP contribution in [0.1, 0.15) is 10.4 Å². The average molecular weight is 416 g/mol. The minimum Gasteiger partial charge on any atom is -0.293 e. The van der Waals surface area contributed by atoms with Crippen LogP contribution in [0.2, 0.25) is 0 Å². The molecule has 0 atom stereocenters. The molecular formula is C17H13FeIO+2. The van der Waals surface area contributed by atoms with Crippen LogP contribution < -0.4 is 0 Å². The Labute approximate surface area is 146 Å². The first-order valence-electron chi connectivity index (χ1n) is 5.96. The van der Waals surface area contributed by atoms with Crippen LogP contribution >= 0.6 is 22.6 Å². The summed E-state index contributed by atoms with van der Waals surface area (Å²) < 4.78 is 1.01. The molecule has 1 nitrogen and oxygen atoms in total. The van der Waals surface area contributed by atoms with Gasteiger partial charge in [-0.3, -0.25) is 4.79 Å². The average Bonchev–Trinajstić information content (AvgIpc) is 3.13. The summed E-state index contributed by atoms with van der Waals surface area (Å²) in [6.07, 6.45) is 15.7. The Balaban J connectivity index is 0.000000283. The molecule has 0 amide bonds. The quantitative estimate of drug-likeness (QED) is 0.404. The van der Waals surface area contributed by atoms with Crippen LogP contribution in [-0.4, -0.2) is 5.78 Å². The van der Waals surface area contributed by atoms with Gasteiger partial charge in [-0.25, -0.2) is 0 Å². The predicted molar refractivity (Wildman–Crippen MR) is 85.7 cm³/mol. The van der Waals surface area contributed by atoms with E-state index >= 15 is 0 Å². The summed E-state index contributed by atoms with van der Waals surface area (Å²) in [5.41, 5.74) is 0.747. The van der Waals surface area contributed by atoms with Gasteiger partial charge in [0.05, 0.1) is 9.84 Å². The van der Waals surface area contributed by atoms with Crippen LogP contribution in [0.25, 0.3) is 0 Å². The van der Waals surface area contributed by atoms with Gasteiger partial charge >= 0.3 is 17.1 Å². The molecule has 0 bridgehead atoms. The number of ketones is 1. The molecule has 3 heteroatoms. The van der Waals surface area contributed by atoms with Gasteiger partial charge in [-0.15, -0.1) is 0 Å². The van der Waals surface area contributed by atoms with Crippen molar-refractivity contribution in [2.24, 2.45) is 0 Å². The van der Waals surface area contributed by atoms with Crippen molar-refractivity contribution in [3.05, 3.63) is 97.1 Å². The maximum atomic E-state index is 11.9. The van der Waals surface area contributed by atoms with Crippen LogP contribution in [0.15, 0.2) is 30.3 Å². The fourth-order valence-electron chi connectivity index (χ4n) is 1.65. The van der Waals surface area contributed by atoms with Crippen molar-refractivity contribution in [1.82, 2.24) is 0 Å². The summed E-state index contributed by atoms with van der Waals surface area (Å²) in [5, 5.41) is 0. The summed E-state index contributed by atoms with van der Waals surface area (Å²) in [7, 11) is 0. The van der Waals surface area contributed by atoms with E-state index in [1.807, 2.05) is 81.7 Å². The maximum absolute atomic E-state index is 11.9. The van der Waals surface area contributed by atoms with Gasteiger partial charge in [0.2, 0.25) is 0 Å². The van der Waals surface area contributed by atoms with Crippen molar-refractivity contribution < 1.29 is 21.9 Å². The number of carbonyl (C=O) groups is 1. The van der Waals surface area contributed by atoms with Crippen LogP contribution in [0.5, 0.6) is 0 Å². The molecule has 0 unspecified atom stereocenters. The van der Waals surface area contributed by atoms with E-state index in [2.05, 4.69) is 22.6 Å². The third-order valence-corrected chi connectivity index (χ3v) is 3.54. The third-order valence-electron chi connectivity index (χ3n) is 2.60. The standard InChI is InChI=1S/C12H8IO.C5H5.Fe/c13-11-8-4-7-10(11)12(14)9-5-2-1-3-6-9;1-2-4-5-3-1;/h1-8H;1-5H;/q;;+2. The van der Waals surface area contributed by atoms with E-state index in [0.717, 1.165) is 15.4 Å². The van der Waals surface area contributed by atoms with E-state index in [0.29, 0.717) is 0 Å². The molecule has 20 heavy (non-hydrogen) atoms. The third kappa shape index (κ3) is 5.50. The van der Waals surface area contributed by atoms with Crippen molar-refractivity contribution in [3.63, 3.8) is 0 Å². The van der Waals surface area contributed by atoms with Gasteiger partial charge in [0.1, 0.15) is 0 Å². The first-order valence-corrected chi connectivity index (χ1v) is 7.04. The van der Waals surface area contributed by atoms with Gasteiger partial charge in [-0.2, -0.15) is 0 Å². The molecule has 0 saturated heterocycles. The van der Waals surface area contributed by atoms with Gasteiger partial charge in [-0.05, 0) is 51.4 Å². The molecule has 0 aromatic heterocycles. The Bertz CT molecular complexity index is 382. The summed E-state index contributed by atoms with van der Waals surface area (Å²) in [6.45, 7) is 0. The predicted octanol–water partition coefficient (Wildman–Crippen LogP) is 4.06. The van der Waals surface area contributed by atoms with Crippen molar-refractivity contribution >= 4 is 28.4 Å². The van der Waals surface area contributed by atoms with Crippen molar-refractivity contribution in [2.45, 2.75) is 0 Å². The van der Waals surface area contributed by atoms with Crippen molar-refractivity contribution in [2.75, 3.05) is 0 Å². The van der Waals surface area contributed by atoms with E-state index < -0.39 is 0 Å². The molecule has 2 saturated carbocycles. The number of rotatable bonds is 2. The van der Waals surface area contributed by atoms with E-state index in [-0.39, 0.29) is 22.9 Å². The van der Waals surface area contributed by atoms with E-state index in [1.165, 1.54) is 0 Å². The molecule has 10 radical (unpaired) electrons. The minimum absolute atomic E-state index is 0. The first-order chi connectivity index (χ1) is 9.29. The second-order valence-electron chi connectivity index (χ2n) is 3.94. The Hall–Kier alpha value is 0.139. The number of hydrogen-bond donors (Lipinski definition) is 0. The molecular weight excluding hydrogens is 403 g/mol. The second-order valence-corrected chi connectivity index (χ2v) is 5.11. The zero-order valence-corrected chi connectivity index (χ0v) is 13.9. The molecule has 0 spiro atoms. The smallest absolute Gasteiger partial charge is 0.293 e. The monoisotopic (exact) mass is 416 g/mol. The molecule has 2 aliphatic rings. The summed E-state index contributed by atoms with van der Waals surface area (Å²) in [4.78, 5) is 11.9. The van der Waals surface area contributed by atoms with Gasteiger partial charge in [0.25, 0.3) is 0 Å². The summed E-state index contributed by atoms with van der Waals surface area (Å²) in [6, 6.07) is 9.34. The largest absolute Gasteiger partial charge is 2.00 e. The fraction of sp³-hybridized carbons (Fsp3) is 0. The van der Waals surface area contributed by atoms with E-state index in [9.17, 15) is 4.79 Å². The minimum atomic E-state index is 0. The Morgan fingerprint density at radius 1 is 0.800 bits per heavy atom. The van der Waals surface area contributed by atoms with Crippen molar-refractivity contribution in [1.29, 1.82) is 0 Å². The zero-order chi connectivity index (χ0) is 13.5. The van der Waals surface area contributed by atoms with Crippen LogP contribution in [-0.2, 0) is 17.1 Å². The molecule has 0 N–H and O–H groups in total. The molecule has 3 rings (SSSR count). The number of Topliss-reactive ketones (excluding diaryl/α,β-unsaturated/α-hetero) is 1. The van der Waals surface area contributed by atoms with Crippen LogP contribution in [0.3, 0.4) is 0 Å². The molecule has 2 aliphatic carbocycles. The number of carbonyl (C=O) groups excluding carboxylic acids is 1. The first kappa shape index (κ1) is 18.2. The van der Waals surface area contributed by atoms with Gasteiger partial charge in [0, 0.05) is 5.56 Å². The molecule has 1 aromatic carbocycles. The van der Waals surface area contributed by atoms with Gasteiger partial charge in [0.15, 0.2) is 5.78 Å². The van der Waals surface area contributed by atoms with Gasteiger partial charge in [-0.1, -0.05) is 52.9 Å². The summed E-state index contributed by atoms with van der Waals surface area (Å²) >= 11 is 2.18. The molecule has 2 fully saturated rings. The molecule has 100 valence electrons. The Morgan fingerprint density at radius 2 is 1.35 bits per heavy atom. The molecule has 0 aliphatic heterocycles. The topological polar surface area (TPSA) is 17.1 Å². The number of halogens is 1. The Morgan fingerprint density at radius 3 is 1.80 bits per heavy atom. The number of benzene rings is 1.